The lowest BCUT2D eigenvalue weighted by molar-refractivity contribution is 0.242. The number of hydrogen-bond acceptors (Lipinski definition) is 3. The Hall–Kier alpha value is -0.350. The number of piperidine rings is 1. The van der Waals surface area contributed by atoms with E-state index in [-0.39, 0.29) is 0 Å². The highest BCUT2D eigenvalue weighted by molar-refractivity contribution is 9.10. The summed E-state index contributed by atoms with van der Waals surface area (Å²) in [5, 5.41) is 0.339. The molecule has 1 saturated carbocycles. The van der Waals surface area contributed by atoms with Gasteiger partial charge in [-0.2, -0.15) is 4.98 Å². The molecule has 1 aliphatic heterocycles. The fraction of sp³-hybridized carbons (Fsp3) is 0.692. The van der Waals surface area contributed by atoms with Crippen molar-refractivity contribution in [2.45, 2.75) is 44.6 Å². The molecule has 0 radical (unpaired) electrons. The lowest BCUT2D eigenvalue weighted by Crippen LogP contribution is -2.47. The Labute approximate surface area is 121 Å². The lowest BCUT2D eigenvalue weighted by Gasteiger charge is -2.45. The van der Waals surface area contributed by atoms with Crippen molar-refractivity contribution in [3.8, 4) is 0 Å². The molecule has 2 fully saturated rings. The van der Waals surface area contributed by atoms with Gasteiger partial charge in [-0.25, -0.2) is 4.98 Å². The summed E-state index contributed by atoms with van der Waals surface area (Å²) >= 11 is 9.50. The van der Waals surface area contributed by atoms with Gasteiger partial charge in [0.2, 0.25) is 5.28 Å². The van der Waals surface area contributed by atoms with Crippen LogP contribution in [-0.2, 0) is 0 Å². The molecule has 2 atom stereocenters. The molecule has 3 rings (SSSR count). The van der Waals surface area contributed by atoms with E-state index in [9.17, 15) is 0 Å². The summed E-state index contributed by atoms with van der Waals surface area (Å²) in [5.41, 5.74) is 0. The zero-order chi connectivity index (χ0) is 12.5. The van der Waals surface area contributed by atoms with Gasteiger partial charge in [0.25, 0.3) is 0 Å². The van der Waals surface area contributed by atoms with Crippen LogP contribution in [0.25, 0.3) is 0 Å². The molecule has 1 aromatic heterocycles. The van der Waals surface area contributed by atoms with E-state index in [4.69, 9.17) is 11.6 Å². The molecule has 5 heteroatoms. The van der Waals surface area contributed by atoms with Crippen LogP contribution in [0, 0.1) is 5.92 Å². The topological polar surface area (TPSA) is 29.0 Å². The van der Waals surface area contributed by atoms with E-state index in [1.807, 2.05) is 0 Å². The Morgan fingerprint density at radius 2 is 2.00 bits per heavy atom. The summed E-state index contributed by atoms with van der Waals surface area (Å²) in [7, 11) is 0. The number of fused-ring (bicyclic) bond motifs is 1. The van der Waals surface area contributed by atoms with Gasteiger partial charge in [0, 0.05) is 18.8 Å². The first-order chi connectivity index (χ1) is 8.75. The van der Waals surface area contributed by atoms with Crippen LogP contribution in [-0.4, -0.2) is 22.6 Å². The normalized spacial score (nSPS) is 28.0. The van der Waals surface area contributed by atoms with Gasteiger partial charge in [-0.1, -0.05) is 12.8 Å². The van der Waals surface area contributed by atoms with Crippen molar-refractivity contribution in [1.82, 2.24) is 9.97 Å². The Morgan fingerprint density at radius 1 is 1.22 bits per heavy atom. The monoisotopic (exact) mass is 329 g/mol. The molecule has 98 valence electrons. The molecule has 0 aromatic carbocycles. The second-order valence-corrected chi connectivity index (χ2v) is 6.45. The Kier molecular flexibility index (Phi) is 3.76. The van der Waals surface area contributed by atoms with Crippen LogP contribution < -0.4 is 4.90 Å². The van der Waals surface area contributed by atoms with Crippen molar-refractivity contribution in [3.05, 3.63) is 16.0 Å². The van der Waals surface area contributed by atoms with Crippen LogP contribution in [0.2, 0.25) is 5.28 Å². The largest absolute Gasteiger partial charge is 0.352 e. The van der Waals surface area contributed by atoms with E-state index >= 15 is 0 Å². The highest BCUT2D eigenvalue weighted by Gasteiger charge is 2.34. The molecule has 1 aliphatic carbocycles. The first-order valence-electron chi connectivity index (χ1n) is 6.70. The average Bonchev–Trinajstić information content (AvgIpc) is 2.41. The van der Waals surface area contributed by atoms with Crippen molar-refractivity contribution in [3.63, 3.8) is 0 Å². The van der Waals surface area contributed by atoms with E-state index in [0.717, 1.165) is 22.8 Å². The van der Waals surface area contributed by atoms with E-state index < -0.39 is 0 Å². The number of rotatable bonds is 1. The highest BCUT2D eigenvalue weighted by atomic mass is 79.9. The predicted octanol–water partition coefficient (Wildman–Crippen LogP) is 4.05. The summed E-state index contributed by atoms with van der Waals surface area (Å²) in [6.45, 7) is 1.09. The standard InChI is InChI=1S/C13H17BrClN3/c14-10-8-16-13(15)17-12(10)18-7-3-5-9-4-1-2-6-11(9)18/h8-9,11H,1-7H2/t9-,11-/m1/s1. The van der Waals surface area contributed by atoms with Gasteiger partial charge >= 0.3 is 0 Å². The van der Waals surface area contributed by atoms with Crippen molar-refractivity contribution in [1.29, 1.82) is 0 Å². The van der Waals surface area contributed by atoms with E-state index in [2.05, 4.69) is 30.8 Å². The predicted molar refractivity (Wildman–Crippen MR) is 77.1 cm³/mol. The molecule has 2 aliphatic rings. The Balaban J connectivity index is 1.91. The maximum absolute atomic E-state index is 5.94. The van der Waals surface area contributed by atoms with Crippen LogP contribution >= 0.6 is 27.5 Å². The molecular formula is C13H17BrClN3. The molecule has 0 amide bonds. The van der Waals surface area contributed by atoms with Crippen molar-refractivity contribution in [2.24, 2.45) is 5.92 Å². The summed E-state index contributed by atoms with van der Waals surface area (Å²) in [5.74, 6) is 1.82. The average molecular weight is 331 g/mol. The number of hydrogen-bond donors (Lipinski definition) is 0. The molecule has 0 spiro atoms. The molecule has 2 heterocycles. The fourth-order valence-corrected chi connectivity index (χ4v) is 3.97. The van der Waals surface area contributed by atoms with Crippen molar-refractivity contribution >= 4 is 33.3 Å². The third-order valence-electron chi connectivity index (χ3n) is 4.21. The smallest absolute Gasteiger partial charge is 0.224 e. The summed E-state index contributed by atoms with van der Waals surface area (Å²) in [4.78, 5) is 10.9. The minimum Gasteiger partial charge on any atom is -0.352 e. The fourth-order valence-electron chi connectivity index (χ4n) is 3.43. The van der Waals surface area contributed by atoms with Crippen LogP contribution in [0.5, 0.6) is 0 Å². The number of nitrogens with zero attached hydrogens (tertiary/aromatic N) is 3. The van der Waals surface area contributed by atoms with E-state index in [0.29, 0.717) is 11.3 Å². The second kappa shape index (κ2) is 5.33. The summed E-state index contributed by atoms with van der Waals surface area (Å²) < 4.78 is 0.957. The minimum atomic E-state index is 0.339. The highest BCUT2D eigenvalue weighted by Crippen LogP contribution is 2.39. The maximum Gasteiger partial charge on any atom is 0.224 e. The molecule has 3 nitrogen and oxygen atoms in total. The Morgan fingerprint density at radius 3 is 2.89 bits per heavy atom. The minimum absolute atomic E-state index is 0.339. The molecule has 0 N–H and O–H groups in total. The molecule has 1 aromatic rings. The van der Waals surface area contributed by atoms with Gasteiger partial charge in [-0.05, 0) is 59.1 Å². The second-order valence-electron chi connectivity index (χ2n) is 5.26. The van der Waals surface area contributed by atoms with Crippen molar-refractivity contribution < 1.29 is 0 Å². The van der Waals surface area contributed by atoms with Crippen molar-refractivity contribution in [2.75, 3.05) is 11.4 Å². The first kappa shape index (κ1) is 12.7. The van der Waals surface area contributed by atoms with Gasteiger partial charge in [-0.3, -0.25) is 0 Å². The molecule has 0 unspecified atom stereocenters. The summed E-state index contributed by atoms with van der Waals surface area (Å²) in [6, 6.07) is 0.648. The van der Waals surface area contributed by atoms with Gasteiger partial charge in [0.05, 0.1) is 4.47 Å². The Bertz CT molecular complexity index is 438. The summed E-state index contributed by atoms with van der Waals surface area (Å²) in [6.07, 6.45) is 9.79. The van der Waals surface area contributed by atoms with Gasteiger partial charge in [-0.15, -0.1) is 0 Å². The third-order valence-corrected chi connectivity index (χ3v) is 4.95. The van der Waals surface area contributed by atoms with Crippen LogP contribution in [0.3, 0.4) is 0 Å². The molecule has 1 saturated heterocycles. The van der Waals surface area contributed by atoms with E-state index in [1.165, 1.54) is 38.5 Å². The lowest BCUT2D eigenvalue weighted by atomic mass is 9.78. The third kappa shape index (κ3) is 2.37. The molecule has 18 heavy (non-hydrogen) atoms. The molecule has 0 bridgehead atoms. The quantitative estimate of drug-likeness (QED) is 0.727. The molecular weight excluding hydrogens is 314 g/mol. The zero-order valence-electron chi connectivity index (χ0n) is 10.3. The first-order valence-corrected chi connectivity index (χ1v) is 7.87. The van der Waals surface area contributed by atoms with Gasteiger partial charge in [0.15, 0.2) is 0 Å². The van der Waals surface area contributed by atoms with Crippen LogP contribution in [0.15, 0.2) is 10.7 Å². The number of aromatic nitrogens is 2. The van der Waals surface area contributed by atoms with Gasteiger partial charge < -0.3 is 4.90 Å². The van der Waals surface area contributed by atoms with E-state index in [1.54, 1.807) is 6.20 Å². The maximum atomic E-state index is 5.94. The number of anilines is 1. The van der Waals surface area contributed by atoms with Crippen LogP contribution in [0.1, 0.15) is 38.5 Å². The van der Waals surface area contributed by atoms with Crippen LogP contribution in [0.4, 0.5) is 5.82 Å². The number of halogens is 2. The zero-order valence-corrected chi connectivity index (χ0v) is 12.6. The van der Waals surface area contributed by atoms with Gasteiger partial charge in [0.1, 0.15) is 5.82 Å². The SMILES string of the molecule is Clc1ncc(Br)c(N2CCC[C@H]3CCCC[C@H]32)n1.